The third-order valence-corrected chi connectivity index (χ3v) is 3.69. The molecule has 0 saturated heterocycles. The van der Waals surface area contributed by atoms with Gasteiger partial charge in [0.15, 0.2) is 0 Å². The number of aromatic amines is 1. The van der Waals surface area contributed by atoms with Crippen molar-refractivity contribution < 1.29 is 4.79 Å². The van der Waals surface area contributed by atoms with Gasteiger partial charge in [0.1, 0.15) is 0 Å². The van der Waals surface area contributed by atoms with Crippen LogP contribution in [0.15, 0.2) is 42.6 Å². The van der Waals surface area contributed by atoms with Crippen molar-refractivity contribution in [2.24, 2.45) is 0 Å². The zero-order valence-electron chi connectivity index (χ0n) is 10.8. The van der Waals surface area contributed by atoms with Crippen LogP contribution >= 0.6 is 23.2 Å². The molecule has 0 bridgehead atoms. The smallest absolute Gasteiger partial charge is 0.257 e. The van der Waals surface area contributed by atoms with Gasteiger partial charge in [-0.1, -0.05) is 23.2 Å². The molecule has 0 aliphatic heterocycles. The van der Waals surface area contributed by atoms with Gasteiger partial charge in [0, 0.05) is 27.8 Å². The summed E-state index contributed by atoms with van der Waals surface area (Å²) in [7, 11) is 0. The lowest BCUT2D eigenvalue weighted by molar-refractivity contribution is 0.102. The van der Waals surface area contributed by atoms with E-state index in [-0.39, 0.29) is 5.91 Å². The van der Waals surface area contributed by atoms with Crippen molar-refractivity contribution in [2.75, 3.05) is 11.1 Å². The monoisotopic (exact) mass is 319 g/mol. The van der Waals surface area contributed by atoms with Gasteiger partial charge in [0.2, 0.25) is 0 Å². The average Bonchev–Trinajstić information content (AvgIpc) is 2.85. The summed E-state index contributed by atoms with van der Waals surface area (Å²) in [5, 5.41) is 4.43. The van der Waals surface area contributed by atoms with Crippen LogP contribution in [-0.4, -0.2) is 10.9 Å². The molecule has 0 aliphatic rings. The molecule has 0 atom stereocenters. The van der Waals surface area contributed by atoms with Gasteiger partial charge in [-0.3, -0.25) is 4.79 Å². The molecule has 0 radical (unpaired) electrons. The molecule has 1 aromatic heterocycles. The van der Waals surface area contributed by atoms with Gasteiger partial charge < -0.3 is 16.0 Å². The summed E-state index contributed by atoms with van der Waals surface area (Å²) in [5.41, 5.74) is 8.16. The van der Waals surface area contributed by atoms with Crippen LogP contribution in [0, 0.1) is 0 Å². The molecular formula is C15H11Cl2N3O. The third-order valence-electron chi connectivity index (χ3n) is 3.13. The summed E-state index contributed by atoms with van der Waals surface area (Å²) >= 11 is 12.0. The summed E-state index contributed by atoms with van der Waals surface area (Å²) in [6.45, 7) is 0. The first-order chi connectivity index (χ1) is 10.0. The Kier molecular flexibility index (Phi) is 3.49. The Balaban J connectivity index is 1.97. The summed E-state index contributed by atoms with van der Waals surface area (Å²) < 4.78 is 0. The van der Waals surface area contributed by atoms with Gasteiger partial charge >= 0.3 is 0 Å². The number of rotatable bonds is 2. The van der Waals surface area contributed by atoms with Crippen molar-refractivity contribution in [3.05, 3.63) is 58.2 Å². The van der Waals surface area contributed by atoms with E-state index in [9.17, 15) is 4.79 Å². The number of hydrogen-bond donors (Lipinski definition) is 3. The number of carbonyl (C=O) groups is 1. The van der Waals surface area contributed by atoms with Crippen LogP contribution in [0.3, 0.4) is 0 Å². The summed E-state index contributed by atoms with van der Waals surface area (Å²) in [4.78, 5) is 15.4. The lowest BCUT2D eigenvalue weighted by atomic mass is 10.1. The molecule has 1 amide bonds. The average molecular weight is 320 g/mol. The van der Waals surface area contributed by atoms with E-state index in [0.717, 1.165) is 10.9 Å². The number of aromatic nitrogens is 1. The second-order valence-corrected chi connectivity index (χ2v) is 5.43. The van der Waals surface area contributed by atoms with E-state index in [1.165, 1.54) is 0 Å². The fraction of sp³-hybridized carbons (Fsp3) is 0. The lowest BCUT2D eigenvalue weighted by Gasteiger charge is -2.07. The minimum absolute atomic E-state index is 0.281. The largest absolute Gasteiger partial charge is 0.399 e. The first-order valence-corrected chi connectivity index (χ1v) is 6.93. The van der Waals surface area contributed by atoms with Gasteiger partial charge in [-0.05, 0) is 36.4 Å². The molecule has 1 heterocycles. The van der Waals surface area contributed by atoms with E-state index in [1.807, 2.05) is 6.07 Å². The van der Waals surface area contributed by atoms with Crippen molar-refractivity contribution in [2.45, 2.75) is 0 Å². The highest BCUT2D eigenvalue weighted by atomic mass is 35.5. The molecule has 6 heteroatoms. The molecule has 3 aromatic rings. The molecule has 0 aliphatic carbocycles. The van der Waals surface area contributed by atoms with Crippen molar-refractivity contribution in [3.63, 3.8) is 0 Å². The predicted octanol–water partition coefficient (Wildman–Crippen LogP) is 4.31. The van der Waals surface area contributed by atoms with E-state index in [1.54, 1.807) is 36.5 Å². The highest BCUT2D eigenvalue weighted by Crippen LogP contribution is 2.27. The molecule has 106 valence electrons. The molecule has 0 unspecified atom stereocenters. The molecule has 4 nitrogen and oxygen atoms in total. The number of fused-ring (bicyclic) bond motifs is 1. The fourth-order valence-electron chi connectivity index (χ4n) is 2.11. The predicted molar refractivity (Wildman–Crippen MR) is 87.1 cm³/mol. The second kappa shape index (κ2) is 5.31. The molecule has 0 saturated carbocycles. The van der Waals surface area contributed by atoms with E-state index < -0.39 is 0 Å². The Morgan fingerprint density at radius 1 is 1.14 bits per heavy atom. The fourth-order valence-corrected chi connectivity index (χ4v) is 2.45. The van der Waals surface area contributed by atoms with Gasteiger partial charge in [0.25, 0.3) is 5.91 Å². The van der Waals surface area contributed by atoms with Crippen molar-refractivity contribution in [1.29, 1.82) is 0 Å². The first kappa shape index (κ1) is 13.8. The number of nitrogens with two attached hydrogens (primary N) is 1. The summed E-state index contributed by atoms with van der Waals surface area (Å²) in [6.07, 6.45) is 1.64. The molecule has 4 N–H and O–H groups in total. The van der Waals surface area contributed by atoms with E-state index in [2.05, 4.69) is 10.3 Å². The maximum Gasteiger partial charge on any atom is 0.257 e. The minimum Gasteiger partial charge on any atom is -0.399 e. The van der Waals surface area contributed by atoms with Gasteiger partial charge in [-0.25, -0.2) is 0 Å². The minimum atomic E-state index is -0.281. The quantitative estimate of drug-likeness (QED) is 0.616. The van der Waals surface area contributed by atoms with Crippen LogP contribution in [0.25, 0.3) is 10.9 Å². The molecule has 0 spiro atoms. The van der Waals surface area contributed by atoms with E-state index in [0.29, 0.717) is 27.0 Å². The van der Waals surface area contributed by atoms with Crippen LogP contribution in [0.1, 0.15) is 10.4 Å². The van der Waals surface area contributed by atoms with Crippen molar-refractivity contribution in [3.8, 4) is 0 Å². The number of nitrogens with one attached hydrogen (secondary N) is 2. The lowest BCUT2D eigenvalue weighted by Crippen LogP contribution is -2.11. The number of benzene rings is 2. The second-order valence-electron chi connectivity index (χ2n) is 4.59. The molecule has 21 heavy (non-hydrogen) atoms. The van der Waals surface area contributed by atoms with Crippen LogP contribution in [0.4, 0.5) is 11.4 Å². The van der Waals surface area contributed by atoms with Gasteiger partial charge in [-0.15, -0.1) is 0 Å². The highest BCUT2D eigenvalue weighted by molar-refractivity contribution is 6.36. The van der Waals surface area contributed by atoms with Crippen molar-refractivity contribution >= 4 is 51.4 Å². The zero-order chi connectivity index (χ0) is 15.0. The summed E-state index contributed by atoms with van der Waals surface area (Å²) in [5.74, 6) is -0.281. The zero-order valence-corrected chi connectivity index (χ0v) is 12.3. The van der Waals surface area contributed by atoms with Crippen LogP contribution in [0.5, 0.6) is 0 Å². The SMILES string of the molecule is Nc1ccc2[nH]cc(C(=O)Nc3cc(Cl)ccc3Cl)c2c1. The van der Waals surface area contributed by atoms with Gasteiger partial charge in [0.05, 0.1) is 16.3 Å². The number of carbonyl (C=O) groups excluding carboxylic acids is 1. The Morgan fingerprint density at radius 2 is 1.95 bits per heavy atom. The third kappa shape index (κ3) is 2.68. The maximum atomic E-state index is 12.4. The Bertz CT molecular complexity index is 842. The Hall–Kier alpha value is -2.17. The first-order valence-electron chi connectivity index (χ1n) is 6.17. The van der Waals surface area contributed by atoms with Crippen molar-refractivity contribution in [1.82, 2.24) is 4.98 Å². The molecular weight excluding hydrogens is 309 g/mol. The Labute approximate surface area is 130 Å². The number of halogens is 2. The van der Waals surface area contributed by atoms with Crippen LogP contribution < -0.4 is 11.1 Å². The molecule has 2 aromatic carbocycles. The van der Waals surface area contributed by atoms with E-state index >= 15 is 0 Å². The molecule has 3 rings (SSSR count). The topological polar surface area (TPSA) is 70.9 Å². The number of nitrogen functional groups attached to an aromatic ring is 1. The molecule has 0 fully saturated rings. The Morgan fingerprint density at radius 3 is 2.76 bits per heavy atom. The maximum absolute atomic E-state index is 12.4. The van der Waals surface area contributed by atoms with Crippen LogP contribution in [0.2, 0.25) is 10.0 Å². The normalized spacial score (nSPS) is 10.8. The summed E-state index contributed by atoms with van der Waals surface area (Å²) in [6, 6.07) is 10.2. The van der Waals surface area contributed by atoms with Gasteiger partial charge in [-0.2, -0.15) is 0 Å². The van der Waals surface area contributed by atoms with Crippen LogP contribution in [-0.2, 0) is 0 Å². The standard InChI is InChI=1S/C15H11Cl2N3O/c16-8-1-3-12(17)14(5-8)20-15(21)11-7-19-13-4-2-9(18)6-10(11)13/h1-7,19H,18H2,(H,20,21). The number of anilines is 2. The number of amides is 1. The highest BCUT2D eigenvalue weighted by Gasteiger charge is 2.14. The van der Waals surface area contributed by atoms with E-state index in [4.69, 9.17) is 28.9 Å². The number of H-pyrrole nitrogens is 1. The number of hydrogen-bond acceptors (Lipinski definition) is 2.